The van der Waals surface area contributed by atoms with Crippen LogP contribution in [-0.2, 0) is 11.3 Å². The van der Waals surface area contributed by atoms with E-state index in [1.165, 1.54) is 0 Å². The molecule has 1 rings (SSSR count). The number of hydrogen-bond acceptors (Lipinski definition) is 4. The molecular weight excluding hydrogens is 268 g/mol. The molecule has 0 saturated heterocycles. The molecule has 0 aliphatic heterocycles. The average molecular weight is 294 g/mol. The number of carbonyl (C=O) groups excluding carboxylic acids is 1. The summed E-state index contributed by atoms with van der Waals surface area (Å²) in [6.45, 7) is 8.07. The monoisotopic (exact) mass is 294 g/mol. The van der Waals surface area contributed by atoms with Crippen LogP contribution >= 0.6 is 0 Å². The standard InChI is InChI=1S/C16H26N2O3/c1-5-9-20-14-8-7-13(11-18-6-2)15(10-14)21-12(3)16(19)17-4/h7-8,10,12,18H,5-6,9,11H2,1-4H3,(H,17,19). The Hall–Kier alpha value is -1.75. The Morgan fingerprint density at radius 1 is 1.33 bits per heavy atom. The SMILES string of the molecule is CCCOc1ccc(CNCC)c(OC(C)C(=O)NC)c1. The number of benzene rings is 1. The predicted octanol–water partition coefficient (Wildman–Crippen LogP) is 2.10. The molecule has 0 spiro atoms. The minimum Gasteiger partial charge on any atom is -0.493 e. The van der Waals surface area contributed by atoms with Crippen molar-refractivity contribution in [3.8, 4) is 11.5 Å². The first-order chi connectivity index (χ1) is 10.1. The number of rotatable bonds is 9. The lowest BCUT2D eigenvalue weighted by atomic mass is 10.2. The summed E-state index contributed by atoms with van der Waals surface area (Å²) in [5.41, 5.74) is 1.01. The van der Waals surface area contributed by atoms with Crippen LogP contribution in [0, 0.1) is 0 Å². The van der Waals surface area contributed by atoms with E-state index in [4.69, 9.17) is 9.47 Å². The largest absolute Gasteiger partial charge is 0.493 e. The Labute approximate surface area is 127 Å². The first-order valence-corrected chi connectivity index (χ1v) is 7.47. The van der Waals surface area contributed by atoms with E-state index in [0.717, 1.165) is 24.3 Å². The maximum Gasteiger partial charge on any atom is 0.260 e. The highest BCUT2D eigenvalue weighted by molar-refractivity contribution is 5.80. The smallest absolute Gasteiger partial charge is 0.260 e. The number of amides is 1. The fourth-order valence-electron chi connectivity index (χ4n) is 1.81. The van der Waals surface area contributed by atoms with E-state index in [1.54, 1.807) is 14.0 Å². The lowest BCUT2D eigenvalue weighted by Crippen LogP contribution is -2.34. The topological polar surface area (TPSA) is 59.6 Å². The fourth-order valence-corrected chi connectivity index (χ4v) is 1.81. The first kappa shape index (κ1) is 17.3. The molecule has 1 atom stereocenters. The van der Waals surface area contributed by atoms with Gasteiger partial charge in [0, 0.05) is 25.2 Å². The normalized spacial score (nSPS) is 11.8. The summed E-state index contributed by atoms with van der Waals surface area (Å²) in [6, 6.07) is 5.75. The number of ether oxygens (including phenoxy) is 2. The summed E-state index contributed by atoms with van der Waals surface area (Å²) >= 11 is 0. The van der Waals surface area contributed by atoms with E-state index in [2.05, 4.69) is 17.6 Å². The highest BCUT2D eigenvalue weighted by Gasteiger charge is 2.15. The third-order valence-corrected chi connectivity index (χ3v) is 3.00. The van der Waals surface area contributed by atoms with Gasteiger partial charge in [0.25, 0.3) is 5.91 Å². The van der Waals surface area contributed by atoms with Gasteiger partial charge in [-0.25, -0.2) is 0 Å². The molecule has 21 heavy (non-hydrogen) atoms. The molecule has 0 saturated carbocycles. The van der Waals surface area contributed by atoms with Gasteiger partial charge in [0.05, 0.1) is 6.61 Å². The van der Waals surface area contributed by atoms with E-state index in [0.29, 0.717) is 18.9 Å². The summed E-state index contributed by atoms with van der Waals surface area (Å²) < 4.78 is 11.4. The molecule has 0 aromatic heterocycles. The first-order valence-electron chi connectivity index (χ1n) is 7.47. The number of likely N-dealkylation sites (N-methyl/N-ethyl adjacent to an activating group) is 1. The summed E-state index contributed by atoms with van der Waals surface area (Å²) in [5.74, 6) is 1.29. The van der Waals surface area contributed by atoms with Crippen molar-refractivity contribution < 1.29 is 14.3 Å². The Balaban J connectivity index is 2.89. The van der Waals surface area contributed by atoms with Crippen LogP contribution in [0.25, 0.3) is 0 Å². The number of carbonyl (C=O) groups is 1. The van der Waals surface area contributed by atoms with Crippen LogP contribution in [0.4, 0.5) is 0 Å². The molecule has 0 bridgehead atoms. The van der Waals surface area contributed by atoms with Gasteiger partial charge in [0.1, 0.15) is 11.5 Å². The molecule has 5 heteroatoms. The van der Waals surface area contributed by atoms with Crippen molar-refractivity contribution in [3.05, 3.63) is 23.8 Å². The zero-order valence-corrected chi connectivity index (χ0v) is 13.4. The second-order valence-corrected chi connectivity index (χ2v) is 4.77. The molecule has 2 N–H and O–H groups in total. The van der Waals surface area contributed by atoms with Gasteiger partial charge in [-0.2, -0.15) is 0 Å². The van der Waals surface area contributed by atoms with Crippen LogP contribution in [0.5, 0.6) is 11.5 Å². The summed E-state index contributed by atoms with van der Waals surface area (Å²) in [4.78, 5) is 11.6. The number of nitrogens with one attached hydrogen (secondary N) is 2. The van der Waals surface area contributed by atoms with Crippen LogP contribution in [0.1, 0.15) is 32.8 Å². The Kier molecular flexibility index (Phi) is 7.61. The lowest BCUT2D eigenvalue weighted by molar-refractivity contribution is -0.126. The van der Waals surface area contributed by atoms with E-state index in [9.17, 15) is 4.79 Å². The van der Waals surface area contributed by atoms with Gasteiger partial charge in [0.15, 0.2) is 6.10 Å². The third-order valence-electron chi connectivity index (χ3n) is 3.00. The fraction of sp³-hybridized carbons (Fsp3) is 0.562. The lowest BCUT2D eigenvalue weighted by Gasteiger charge is -2.18. The Bertz CT molecular complexity index is 449. The van der Waals surface area contributed by atoms with E-state index < -0.39 is 6.10 Å². The van der Waals surface area contributed by atoms with Gasteiger partial charge < -0.3 is 20.1 Å². The average Bonchev–Trinajstić information content (AvgIpc) is 2.51. The minimum absolute atomic E-state index is 0.149. The maximum atomic E-state index is 11.6. The summed E-state index contributed by atoms with van der Waals surface area (Å²) in [5, 5.41) is 5.85. The van der Waals surface area contributed by atoms with Crippen LogP contribution < -0.4 is 20.1 Å². The Morgan fingerprint density at radius 3 is 2.71 bits per heavy atom. The van der Waals surface area contributed by atoms with Crippen molar-refractivity contribution in [2.75, 3.05) is 20.2 Å². The molecule has 0 heterocycles. The predicted molar refractivity (Wildman–Crippen MR) is 83.8 cm³/mol. The van der Waals surface area contributed by atoms with Gasteiger partial charge >= 0.3 is 0 Å². The summed E-state index contributed by atoms with van der Waals surface area (Å²) in [6.07, 6.45) is 0.404. The molecule has 1 amide bonds. The number of hydrogen-bond donors (Lipinski definition) is 2. The molecule has 1 unspecified atom stereocenters. The highest BCUT2D eigenvalue weighted by atomic mass is 16.5. The second kappa shape index (κ2) is 9.23. The van der Waals surface area contributed by atoms with Crippen LogP contribution in [0.2, 0.25) is 0 Å². The van der Waals surface area contributed by atoms with Crippen molar-refractivity contribution in [3.63, 3.8) is 0 Å². The molecule has 0 aliphatic carbocycles. The maximum absolute atomic E-state index is 11.6. The molecule has 1 aromatic carbocycles. The van der Waals surface area contributed by atoms with Crippen molar-refractivity contribution in [1.29, 1.82) is 0 Å². The van der Waals surface area contributed by atoms with Crippen molar-refractivity contribution >= 4 is 5.91 Å². The summed E-state index contributed by atoms with van der Waals surface area (Å²) in [7, 11) is 1.60. The van der Waals surface area contributed by atoms with Crippen molar-refractivity contribution in [2.45, 2.75) is 39.8 Å². The molecule has 5 nitrogen and oxygen atoms in total. The van der Waals surface area contributed by atoms with Crippen molar-refractivity contribution in [1.82, 2.24) is 10.6 Å². The van der Waals surface area contributed by atoms with Crippen LogP contribution in [0.3, 0.4) is 0 Å². The quantitative estimate of drug-likeness (QED) is 0.732. The van der Waals surface area contributed by atoms with Crippen LogP contribution in [-0.4, -0.2) is 32.2 Å². The van der Waals surface area contributed by atoms with E-state index >= 15 is 0 Å². The zero-order chi connectivity index (χ0) is 15.7. The van der Waals surface area contributed by atoms with Gasteiger partial charge in [-0.15, -0.1) is 0 Å². The molecule has 118 valence electrons. The van der Waals surface area contributed by atoms with Crippen LogP contribution in [0.15, 0.2) is 18.2 Å². The van der Waals surface area contributed by atoms with E-state index in [-0.39, 0.29) is 5.91 Å². The second-order valence-electron chi connectivity index (χ2n) is 4.77. The molecule has 1 aromatic rings. The highest BCUT2D eigenvalue weighted by Crippen LogP contribution is 2.26. The third kappa shape index (κ3) is 5.63. The molecule has 0 radical (unpaired) electrons. The van der Waals surface area contributed by atoms with Gasteiger partial charge in [0.2, 0.25) is 0 Å². The van der Waals surface area contributed by atoms with Gasteiger partial charge in [-0.1, -0.05) is 19.9 Å². The minimum atomic E-state index is -0.545. The Morgan fingerprint density at radius 2 is 2.10 bits per heavy atom. The van der Waals surface area contributed by atoms with Gasteiger partial charge in [-0.3, -0.25) is 4.79 Å². The van der Waals surface area contributed by atoms with Crippen molar-refractivity contribution in [2.24, 2.45) is 0 Å². The van der Waals surface area contributed by atoms with E-state index in [1.807, 2.05) is 25.1 Å². The molecule has 0 fully saturated rings. The van der Waals surface area contributed by atoms with Gasteiger partial charge in [-0.05, 0) is 26.0 Å². The molecule has 0 aliphatic rings. The molecular formula is C16H26N2O3. The zero-order valence-electron chi connectivity index (χ0n) is 13.4.